The molecule has 0 saturated heterocycles. The maximum Gasteiger partial charge on any atom is 0.354 e. The van der Waals surface area contributed by atoms with Crippen molar-refractivity contribution in [3.63, 3.8) is 0 Å². The summed E-state index contributed by atoms with van der Waals surface area (Å²) >= 11 is 0. The zero-order valence-electron chi connectivity index (χ0n) is 10.9. The van der Waals surface area contributed by atoms with E-state index >= 15 is 0 Å². The molecule has 110 valence electrons. The molecule has 2 amide bonds. The Kier molecular flexibility index (Phi) is 6.17. The van der Waals surface area contributed by atoms with Gasteiger partial charge in [0.2, 0.25) is 5.91 Å². The van der Waals surface area contributed by atoms with Gasteiger partial charge < -0.3 is 25.5 Å². The van der Waals surface area contributed by atoms with Gasteiger partial charge in [0.1, 0.15) is 0 Å². The Balaban J connectivity index is 2.35. The number of aromatic carboxylic acids is 1. The van der Waals surface area contributed by atoms with Crippen molar-refractivity contribution in [2.45, 2.75) is 6.42 Å². The minimum atomic E-state index is -1.27. The van der Waals surface area contributed by atoms with Crippen LogP contribution in [0.5, 0.6) is 0 Å². The first-order valence-electron chi connectivity index (χ1n) is 5.86. The Labute approximate surface area is 114 Å². The summed E-state index contributed by atoms with van der Waals surface area (Å²) in [6.45, 7) is 0.892. The fourth-order valence-electron chi connectivity index (χ4n) is 1.38. The number of nitrogens with one attached hydrogen (secondary N) is 3. The zero-order valence-corrected chi connectivity index (χ0v) is 10.9. The quantitative estimate of drug-likeness (QED) is 0.452. The van der Waals surface area contributed by atoms with Gasteiger partial charge in [0.25, 0.3) is 5.91 Å². The highest BCUT2D eigenvalue weighted by molar-refractivity contribution is 6.02. The number of nitrogens with zero attached hydrogens (tertiary/aromatic N) is 1. The maximum atomic E-state index is 11.7. The van der Waals surface area contributed by atoms with Crippen molar-refractivity contribution in [1.29, 1.82) is 0 Å². The molecule has 0 aliphatic rings. The number of carbonyl (C=O) groups is 3. The third-order valence-electron chi connectivity index (χ3n) is 2.33. The Bertz CT molecular complexity index is 485. The molecule has 20 heavy (non-hydrogen) atoms. The van der Waals surface area contributed by atoms with Crippen molar-refractivity contribution < 1.29 is 24.2 Å². The predicted octanol–water partition coefficient (Wildman–Crippen LogP) is -1.01. The molecule has 0 radical (unpaired) electrons. The summed E-state index contributed by atoms with van der Waals surface area (Å²) < 4.78 is 4.77. The average molecular weight is 284 g/mol. The van der Waals surface area contributed by atoms with Crippen LogP contribution in [0.1, 0.15) is 27.4 Å². The number of H-pyrrole nitrogens is 1. The average Bonchev–Trinajstić information content (AvgIpc) is 2.88. The normalized spacial score (nSPS) is 10.1. The smallest absolute Gasteiger partial charge is 0.354 e. The Morgan fingerprint density at radius 3 is 2.75 bits per heavy atom. The second kappa shape index (κ2) is 7.89. The molecule has 9 nitrogen and oxygen atoms in total. The summed E-state index contributed by atoms with van der Waals surface area (Å²) in [7, 11) is 1.52. The van der Waals surface area contributed by atoms with Crippen LogP contribution in [0, 0.1) is 0 Å². The van der Waals surface area contributed by atoms with E-state index in [1.165, 1.54) is 7.11 Å². The lowest BCUT2D eigenvalue weighted by molar-refractivity contribution is -0.121. The van der Waals surface area contributed by atoms with Crippen molar-refractivity contribution in [2.75, 3.05) is 26.8 Å². The second-order valence-corrected chi connectivity index (χ2v) is 3.78. The second-order valence-electron chi connectivity index (χ2n) is 3.78. The number of aromatic amines is 1. The standard InChI is InChI=1S/C11H16N4O5/c1-20-5-4-12-7(16)2-3-13-10(17)8-9(11(18)19)15-6-14-8/h6H,2-5H2,1H3,(H,12,16)(H,13,17)(H,14,15)(H,18,19). The van der Waals surface area contributed by atoms with Gasteiger partial charge in [-0.3, -0.25) is 9.59 Å². The largest absolute Gasteiger partial charge is 0.477 e. The molecule has 0 aliphatic carbocycles. The first kappa shape index (κ1) is 15.6. The van der Waals surface area contributed by atoms with Gasteiger partial charge in [-0.05, 0) is 0 Å². The first-order chi connectivity index (χ1) is 9.56. The molecule has 0 aromatic carbocycles. The van der Waals surface area contributed by atoms with Gasteiger partial charge in [-0.2, -0.15) is 0 Å². The highest BCUT2D eigenvalue weighted by Crippen LogP contribution is 2.02. The molecule has 0 saturated carbocycles. The zero-order chi connectivity index (χ0) is 15.0. The van der Waals surface area contributed by atoms with Crippen LogP contribution < -0.4 is 10.6 Å². The molecule has 1 aromatic rings. The third-order valence-corrected chi connectivity index (χ3v) is 2.33. The van der Waals surface area contributed by atoms with Crippen LogP contribution in [0.3, 0.4) is 0 Å². The molecule has 0 spiro atoms. The summed E-state index contributed by atoms with van der Waals surface area (Å²) in [6, 6.07) is 0. The third kappa shape index (κ3) is 4.69. The van der Waals surface area contributed by atoms with E-state index in [2.05, 4.69) is 20.6 Å². The van der Waals surface area contributed by atoms with Crippen molar-refractivity contribution in [3.05, 3.63) is 17.7 Å². The predicted molar refractivity (Wildman–Crippen MR) is 67.4 cm³/mol. The number of carbonyl (C=O) groups excluding carboxylic acids is 2. The summed E-state index contributed by atoms with van der Waals surface area (Å²) in [5.74, 6) is -2.15. The van der Waals surface area contributed by atoms with Crippen LogP contribution in [0.15, 0.2) is 6.33 Å². The highest BCUT2D eigenvalue weighted by atomic mass is 16.5. The molecule has 0 unspecified atom stereocenters. The number of hydrogen-bond donors (Lipinski definition) is 4. The summed E-state index contributed by atoms with van der Waals surface area (Å²) in [4.78, 5) is 39.8. The Hall–Kier alpha value is -2.42. The molecule has 0 fully saturated rings. The topological polar surface area (TPSA) is 133 Å². The molecule has 1 aromatic heterocycles. The minimum absolute atomic E-state index is 0.0856. The van der Waals surface area contributed by atoms with Crippen LogP contribution in [-0.2, 0) is 9.53 Å². The van der Waals surface area contributed by atoms with E-state index in [1.54, 1.807) is 0 Å². The Morgan fingerprint density at radius 2 is 2.10 bits per heavy atom. The van der Waals surface area contributed by atoms with E-state index in [9.17, 15) is 14.4 Å². The minimum Gasteiger partial charge on any atom is -0.477 e. The molecular formula is C11H16N4O5. The highest BCUT2D eigenvalue weighted by Gasteiger charge is 2.19. The summed E-state index contributed by atoms with van der Waals surface area (Å²) in [5.41, 5.74) is -0.496. The summed E-state index contributed by atoms with van der Waals surface area (Å²) in [6.07, 6.45) is 1.21. The molecule has 0 aliphatic heterocycles. The Morgan fingerprint density at radius 1 is 1.35 bits per heavy atom. The number of ether oxygens (including phenoxy) is 1. The van der Waals surface area contributed by atoms with Crippen LogP contribution in [0.2, 0.25) is 0 Å². The number of carboxylic acids is 1. The fourth-order valence-corrected chi connectivity index (χ4v) is 1.38. The van der Waals surface area contributed by atoms with Crippen LogP contribution >= 0.6 is 0 Å². The van der Waals surface area contributed by atoms with E-state index in [-0.39, 0.29) is 30.3 Å². The number of imidazole rings is 1. The number of carboxylic acid groups (broad SMARTS) is 1. The van der Waals surface area contributed by atoms with Gasteiger partial charge in [-0.25, -0.2) is 9.78 Å². The molecule has 9 heteroatoms. The lowest BCUT2D eigenvalue weighted by Crippen LogP contribution is -2.32. The van der Waals surface area contributed by atoms with Crippen LogP contribution in [0.25, 0.3) is 0 Å². The van der Waals surface area contributed by atoms with E-state index in [1.807, 2.05) is 0 Å². The van der Waals surface area contributed by atoms with Crippen molar-refractivity contribution in [2.24, 2.45) is 0 Å². The molecule has 4 N–H and O–H groups in total. The lowest BCUT2D eigenvalue weighted by Gasteiger charge is -2.05. The van der Waals surface area contributed by atoms with Gasteiger partial charge >= 0.3 is 5.97 Å². The molecule has 1 heterocycles. The molecule has 1 rings (SSSR count). The number of hydrogen-bond acceptors (Lipinski definition) is 5. The number of amides is 2. The number of aromatic nitrogens is 2. The van der Waals surface area contributed by atoms with Gasteiger partial charge in [0, 0.05) is 26.6 Å². The van der Waals surface area contributed by atoms with Crippen molar-refractivity contribution in [3.8, 4) is 0 Å². The van der Waals surface area contributed by atoms with Gasteiger partial charge in [-0.1, -0.05) is 0 Å². The van der Waals surface area contributed by atoms with E-state index in [0.29, 0.717) is 13.2 Å². The van der Waals surface area contributed by atoms with Gasteiger partial charge in [0.15, 0.2) is 11.4 Å². The summed E-state index contributed by atoms with van der Waals surface area (Å²) in [5, 5.41) is 13.8. The van der Waals surface area contributed by atoms with Crippen LogP contribution in [-0.4, -0.2) is 59.7 Å². The molecule has 0 atom stereocenters. The van der Waals surface area contributed by atoms with E-state index in [4.69, 9.17) is 9.84 Å². The van der Waals surface area contributed by atoms with Crippen molar-refractivity contribution >= 4 is 17.8 Å². The SMILES string of the molecule is COCCNC(=O)CCNC(=O)c1nc[nH]c1C(=O)O. The van der Waals surface area contributed by atoms with Gasteiger partial charge in [0.05, 0.1) is 12.9 Å². The van der Waals surface area contributed by atoms with Crippen molar-refractivity contribution in [1.82, 2.24) is 20.6 Å². The number of rotatable bonds is 8. The first-order valence-corrected chi connectivity index (χ1v) is 5.86. The van der Waals surface area contributed by atoms with Crippen LogP contribution in [0.4, 0.5) is 0 Å². The fraction of sp³-hybridized carbons (Fsp3) is 0.455. The maximum absolute atomic E-state index is 11.7. The molecular weight excluding hydrogens is 268 g/mol. The van der Waals surface area contributed by atoms with Gasteiger partial charge in [-0.15, -0.1) is 0 Å². The number of methoxy groups -OCH3 is 1. The lowest BCUT2D eigenvalue weighted by atomic mass is 10.3. The van der Waals surface area contributed by atoms with E-state index in [0.717, 1.165) is 6.33 Å². The van der Waals surface area contributed by atoms with E-state index < -0.39 is 11.9 Å². The monoisotopic (exact) mass is 284 g/mol. The molecule has 0 bridgehead atoms.